The molecule has 0 amide bonds. The predicted octanol–water partition coefficient (Wildman–Crippen LogP) is 5.44. The highest BCUT2D eigenvalue weighted by Gasteiger charge is 2.00. The zero-order chi connectivity index (χ0) is 13.0. The van der Waals surface area contributed by atoms with Crippen LogP contribution in [0.15, 0.2) is 51.8 Å². The van der Waals surface area contributed by atoms with E-state index in [0.29, 0.717) is 0 Å². The number of hydrogen-bond donors (Lipinski definition) is 1. The molecule has 0 aliphatic rings. The molecule has 0 radical (unpaired) electrons. The summed E-state index contributed by atoms with van der Waals surface area (Å²) in [6.07, 6.45) is 2.08. The van der Waals surface area contributed by atoms with Crippen LogP contribution in [-0.2, 0) is 6.54 Å². The van der Waals surface area contributed by atoms with Gasteiger partial charge in [-0.2, -0.15) is 0 Å². The van der Waals surface area contributed by atoms with Gasteiger partial charge in [0.15, 0.2) is 0 Å². The van der Waals surface area contributed by atoms with E-state index >= 15 is 0 Å². The minimum atomic E-state index is 0.733. The van der Waals surface area contributed by atoms with Crippen molar-refractivity contribution in [3.63, 3.8) is 0 Å². The van der Waals surface area contributed by atoms with E-state index in [1.54, 1.807) is 11.8 Å². The Hall–Kier alpha value is -0.640. The van der Waals surface area contributed by atoms with Crippen LogP contribution >= 0.6 is 39.3 Å². The van der Waals surface area contributed by atoms with Crippen molar-refractivity contribution in [1.82, 2.24) is 0 Å². The first-order chi connectivity index (χ1) is 8.69. The number of rotatable bonds is 4. The van der Waals surface area contributed by atoms with E-state index in [9.17, 15) is 0 Å². The summed E-state index contributed by atoms with van der Waals surface area (Å²) in [5.41, 5.74) is 2.31. The van der Waals surface area contributed by atoms with Crippen LogP contribution in [0.5, 0.6) is 0 Å². The summed E-state index contributed by atoms with van der Waals surface area (Å²) in [6, 6.07) is 14.3. The molecule has 0 atom stereocenters. The average Bonchev–Trinajstić information content (AvgIpc) is 2.38. The number of halogens is 2. The van der Waals surface area contributed by atoms with Crippen molar-refractivity contribution in [1.29, 1.82) is 0 Å². The van der Waals surface area contributed by atoms with E-state index in [4.69, 9.17) is 11.6 Å². The second kappa shape index (κ2) is 6.50. The number of anilines is 1. The Bertz CT molecular complexity index is 528. The summed E-state index contributed by atoms with van der Waals surface area (Å²) >= 11 is 11.2. The maximum Gasteiger partial charge on any atom is 0.0488 e. The number of nitrogens with one attached hydrogen (secondary N) is 1. The molecule has 0 aliphatic carbocycles. The van der Waals surface area contributed by atoms with Gasteiger partial charge in [-0.25, -0.2) is 0 Å². The van der Waals surface area contributed by atoms with Gasteiger partial charge < -0.3 is 5.32 Å². The van der Waals surface area contributed by atoms with Gasteiger partial charge in [0, 0.05) is 26.6 Å². The zero-order valence-electron chi connectivity index (χ0n) is 9.91. The van der Waals surface area contributed by atoms with Gasteiger partial charge in [0.2, 0.25) is 0 Å². The largest absolute Gasteiger partial charge is 0.380 e. The van der Waals surface area contributed by atoms with Crippen LogP contribution in [0.2, 0.25) is 5.02 Å². The molecule has 0 unspecified atom stereocenters. The summed E-state index contributed by atoms with van der Waals surface area (Å²) in [5.74, 6) is 0. The third-order valence-electron chi connectivity index (χ3n) is 2.57. The van der Waals surface area contributed by atoms with Crippen LogP contribution in [0.25, 0.3) is 0 Å². The van der Waals surface area contributed by atoms with Crippen LogP contribution in [-0.4, -0.2) is 6.26 Å². The summed E-state index contributed by atoms with van der Waals surface area (Å²) in [6.45, 7) is 0.800. The fourth-order valence-corrected chi connectivity index (χ4v) is 2.80. The van der Waals surface area contributed by atoms with Gasteiger partial charge in [-0.1, -0.05) is 23.7 Å². The molecule has 1 nitrogen and oxygen atoms in total. The molecule has 0 spiro atoms. The molecule has 0 fully saturated rings. The van der Waals surface area contributed by atoms with Gasteiger partial charge in [0.1, 0.15) is 0 Å². The molecular formula is C14H13BrClNS. The Morgan fingerprint density at radius 1 is 1.17 bits per heavy atom. The lowest BCUT2D eigenvalue weighted by Gasteiger charge is -2.09. The third-order valence-corrected chi connectivity index (χ3v) is 4.21. The molecule has 0 heterocycles. The van der Waals surface area contributed by atoms with Gasteiger partial charge >= 0.3 is 0 Å². The first-order valence-corrected chi connectivity index (χ1v) is 7.90. The summed E-state index contributed by atoms with van der Waals surface area (Å²) in [4.78, 5) is 1.28. The minimum absolute atomic E-state index is 0.733. The smallest absolute Gasteiger partial charge is 0.0488 e. The minimum Gasteiger partial charge on any atom is -0.380 e. The highest BCUT2D eigenvalue weighted by molar-refractivity contribution is 9.10. The lowest BCUT2D eigenvalue weighted by molar-refractivity contribution is 1.14. The molecular weight excluding hydrogens is 330 g/mol. The van der Waals surface area contributed by atoms with Crippen molar-refractivity contribution in [3.05, 3.63) is 57.5 Å². The van der Waals surface area contributed by atoms with Crippen LogP contribution in [0, 0.1) is 0 Å². The fraction of sp³-hybridized carbons (Fsp3) is 0.143. The fourth-order valence-electron chi connectivity index (χ4n) is 1.57. The van der Waals surface area contributed by atoms with Crippen LogP contribution < -0.4 is 5.32 Å². The van der Waals surface area contributed by atoms with E-state index in [1.165, 1.54) is 10.5 Å². The van der Waals surface area contributed by atoms with Gasteiger partial charge in [0.25, 0.3) is 0 Å². The first-order valence-electron chi connectivity index (χ1n) is 5.51. The standard InChI is InChI=1S/C14H13BrClNS/c1-18-12-5-2-10(3-6-12)9-17-14-7-4-11(16)8-13(14)15/h2-8,17H,9H2,1H3. The molecule has 1 N–H and O–H groups in total. The molecule has 0 aliphatic heterocycles. The molecule has 2 rings (SSSR count). The Labute approximate surface area is 125 Å². The second-order valence-electron chi connectivity index (χ2n) is 3.83. The van der Waals surface area contributed by atoms with Crippen LogP contribution in [0.4, 0.5) is 5.69 Å². The lowest BCUT2D eigenvalue weighted by Crippen LogP contribution is -1.99. The average molecular weight is 343 g/mol. The predicted molar refractivity (Wildman–Crippen MR) is 84.7 cm³/mol. The maximum absolute atomic E-state index is 5.91. The Morgan fingerprint density at radius 2 is 1.89 bits per heavy atom. The van der Waals surface area contributed by atoms with E-state index < -0.39 is 0 Å². The van der Waals surface area contributed by atoms with E-state index in [2.05, 4.69) is 51.8 Å². The number of benzene rings is 2. The van der Waals surface area contributed by atoms with Crippen molar-refractivity contribution >= 4 is 45.0 Å². The van der Waals surface area contributed by atoms with Crippen molar-refractivity contribution in [2.24, 2.45) is 0 Å². The highest BCUT2D eigenvalue weighted by atomic mass is 79.9. The topological polar surface area (TPSA) is 12.0 Å². The molecule has 94 valence electrons. The van der Waals surface area contributed by atoms with Gasteiger partial charge in [0.05, 0.1) is 0 Å². The summed E-state index contributed by atoms with van der Waals surface area (Å²) in [5, 5.41) is 4.11. The van der Waals surface area contributed by atoms with Gasteiger partial charge in [-0.3, -0.25) is 0 Å². The highest BCUT2D eigenvalue weighted by Crippen LogP contribution is 2.26. The summed E-state index contributed by atoms with van der Waals surface area (Å²) < 4.78 is 0.982. The monoisotopic (exact) mass is 341 g/mol. The molecule has 0 saturated heterocycles. The maximum atomic E-state index is 5.91. The Morgan fingerprint density at radius 3 is 2.50 bits per heavy atom. The van der Waals surface area contributed by atoms with Gasteiger partial charge in [-0.15, -0.1) is 11.8 Å². The van der Waals surface area contributed by atoms with Crippen LogP contribution in [0.3, 0.4) is 0 Å². The molecule has 2 aromatic carbocycles. The quantitative estimate of drug-likeness (QED) is 0.743. The molecule has 0 saturated carbocycles. The van der Waals surface area contributed by atoms with Gasteiger partial charge in [-0.05, 0) is 58.1 Å². The summed E-state index contributed by atoms with van der Waals surface area (Å²) in [7, 11) is 0. The van der Waals surface area contributed by atoms with E-state index in [1.807, 2.05) is 18.2 Å². The Kier molecular flexibility index (Phi) is 4.98. The lowest BCUT2D eigenvalue weighted by atomic mass is 10.2. The normalized spacial score (nSPS) is 10.4. The molecule has 0 aromatic heterocycles. The number of thioether (sulfide) groups is 1. The number of hydrogen-bond acceptors (Lipinski definition) is 2. The molecule has 4 heteroatoms. The van der Waals surface area contributed by atoms with E-state index in [-0.39, 0.29) is 0 Å². The molecule has 18 heavy (non-hydrogen) atoms. The molecule has 0 bridgehead atoms. The molecule has 2 aromatic rings. The van der Waals surface area contributed by atoms with Crippen molar-refractivity contribution in [2.45, 2.75) is 11.4 Å². The SMILES string of the molecule is CSc1ccc(CNc2ccc(Cl)cc2Br)cc1. The van der Waals surface area contributed by atoms with Crippen LogP contribution in [0.1, 0.15) is 5.56 Å². The van der Waals surface area contributed by atoms with Crippen molar-refractivity contribution in [2.75, 3.05) is 11.6 Å². The third kappa shape index (κ3) is 3.67. The van der Waals surface area contributed by atoms with E-state index in [0.717, 1.165) is 21.7 Å². The van der Waals surface area contributed by atoms with Crippen molar-refractivity contribution in [3.8, 4) is 0 Å². The first kappa shape index (κ1) is 13.8. The van der Waals surface area contributed by atoms with Crippen molar-refractivity contribution < 1.29 is 0 Å². The Balaban J connectivity index is 2.02. The zero-order valence-corrected chi connectivity index (χ0v) is 13.1. The second-order valence-corrected chi connectivity index (χ2v) is 6.00.